The molecule has 0 aromatic heterocycles. The van der Waals surface area contributed by atoms with E-state index in [1.807, 2.05) is 20.8 Å². The van der Waals surface area contributed by atoms with E-state index in [4.69, 9.17) is 23.2 Å². The lowest BCUT2D eigenvalue weighted by Gasteiger charge is -2.33. The van der Waals surface area contributed by atoms with Gasteiger partial charge in [-0.05, 0) is 76.9 Å². The average Bonchev–Trinajstić information content (AvgIpc) is 2.78. The van der Waals surface area contributed by atoms with Crippen LogP contribution in [0.5, 0.6) is 0 Å². The Morgan fingerprint density at radius 2 is 1.69 bits per heavy atom. The Morgan fingerprint density at radius 3 is 2.20 bits per heavy atom. The Balaban J connectivity index is 2.43. The van der Waals surface area contributed by atoms with Crippen LogP contribution in [0.1, 0.15) is 32.8 Å². The first kappa shape index (κ1) is 29.7. The van der Waals surface area contributed by atoms with E-state index in [9.17, 15) is 18.0 Å². The van der Waals surface area contributed by atoms with Crippen LogP contribution in [0, 0.1) is 9.49 Å². The zero-order valence-corrected chi connectivity index (χ0v) is 24.6. The van der Waals surface area contributed by atoms with E-state index in [0.29, 0.717) is 34.3 Å². The number of carbonyl (C=O) groups is 2. The van der Waals surface area contributed by atoms with Gasteiger partial charge in [0.15, 0.2) is 0 Å². The topological polar surface area (TPSA) is 86.8 Å². The van der Waals surface area contributed by atoms with Crippen molar-refractivity contribution in [1.29, 1.82) is 0 Å². The summed E-state index contributed by atoms with van der Waals surface area (Å²) < 4.78 is 27.2. The van der Waals surface area contributed by atoms with Gasteiger partial charge in [-0.15, -0.1) is 0 Å². The Morgan fingerprint density at radius 1 is 1.06 bits per heavy atom. The molecule has 2 amide bonds. The summed E-state index contributed by atoms with van der Waals surface area (Å²) in [5.74, 6) is -0.571. The number of amides is 2. The van der Waals surface area contributed by atoms with Crippen molar-refractivity contribution in [2.45, 2.75) is 39.8 Å². The van der Waals surface area contributed by atoms with Crippen LogP contribution >= 0.6 is 45.8 Å². The molecular formula is C24H30Cl2IN3O4S. The first-order valence-corrected chi connectivity index (χ1v) is 14.8. The second-order valence-corrected chi connectivity index (χ2v) is 12.5. The Hall–Kier alpha value is -1.56. The molecular weight excluding hydrogens is 624 g/mol. The number of sulfonamides is 1. The highest BCUT2D eigenvalue weighted by Crippen LogP contribution is 2.25. The minimum atomic E-state index is -3.77. The maximum Gasteiger partial charge on any atom is 0.244 e. The van der Waals surface area contributed by atoms with Crippen molar-refractivity contribution in [2.24, 2.45) is 5.92 Å². The third-order valence-corrected chi connectivity index (χ3v) is 7.80. The van der Waals surface area contributed by atoms with E-state index < -0.39 is 28.5 Å². The van der Waals surface area contributed by atoms with E-state index >= 15 is 0 Å². The molecule has 1 N–H and O–H groups in total. The van der Waals surface area contributed by atoms with Crippen LogP contribution in [0.25, 0.3) is 0 Å². The number of carbonyl (C=O) groups excluding carboxylic acids is 2. The molecule has 35 heavy (non-hydrogen) atoms. The van der Waals surface area contributed by atoms with Crippen molar-refractivity contribution >= 4 is 73.3 Å². The number of hydrogen-bond donors (Lipinski definition) is 1. The smallest absolute Gasteiger partial charge is 0.244 e. The minimum absolute atomic E-state index is 0.0631. The molecule has 7 nitrogen and oxygen atoms in total. The van der Waals surface area contributed by atoms with Gasteiger partial charge in [-0.3, -0.25) is 13.9 Å². The number of rotatable bonds is 11. The van der Waals surface area contributed by atoms with Gasteiger partial charge >= 0.3 is 0 Å². The highest BCUT2D eigenvalue weighted by molar-refractivity contribution is 14.1. The van der Waals surface area contributed by atoms with Gasteiger partial charge in [0.25, 0.3) is 0 Å². The first-order chi connectivity index (χ1) is 16.3. The number of halogens is 3. The molecule has 2 aromatic rings. The lowest BCUT2D eigenvalue weighted by Crippen LogP contribution is -2.52. The van der Waals surface area contributed by atoms with Crippen LogP contribution in [0.15, 0.2) is 42.5 Å². The summed E-state index contributed by atoms with van der Waals surface area (Å²) in [5.41, 5.74) is 1.04. The standard InChI is InChI=1S/C24H30Cl2IN3O4S/c1-5-22(24(32)28-13-16(2)3)29(14-17-6-11-20(25)21(26)12-17)23(31)15-30(35(4,33)34)19-9-7-18(27)8-10-19/h6-12,16,22H,5,13-15H2,1-4H3,(H,28,32)/t22-/m0/s1. The van der Waals surface area contributed by atoms with Crippen molar-refractivity contribution in [1.82, 2.24) is 10.2 Å². The fourth-order valence-electron chi connectivity index (χ4n) is 3.40. The van der Waals surface area contributed by atoms with Crippen LogP contribution in [0.4, 0.5) is 5.69 Å². The third kappa shape index (κ3) is 8.80. The summed E-state index contributed by atoms with van der Waals surface area (Å²) >= 11 is 14.3. The molecule has 0 aliphatic heterocycles. The van der Waals surface area contributed by atoms with E-state index in [0.717, 1.165) is 14.1 Å². The van der Waals surface area contributed by atoms with Gasteiger partial charge in [0, 0.05) is 16.7 Å². The zero-order chi connectivity index (χ0) is 26.3. The minimum Gasteiger partial charge on any atom is -0.354 e. The molecule has 2 aromatic carbocycles. The number of benzene rings is 2. The second-order valence-electron chi connectivity index (χ2n) is 8.58. The van der Waals surface area contributed by atoms with Crippen molar-refractivity contribution in [3.05, 3.63) is 61.6 Å². The molecule has 11 heteroatoms. The van der Waals surface area contributed by atoms with Gasteiger partial charge < -0.3 is 10.2 Å². The predicted molar refractivity (Wildman–Crippen MR) is 150 cm³/mol. The van der Waals surface area contributed by atoms with Gasteiger partial charge in [-0.25, -0.2) is 8.42 Å². The normalized spacial score (nSPS) is 12.3. The summed E-state index contributed by atoms with van der Waals surface area (Å²) in [7, 11) is -3.77. The molecule has 0 aliphatic rings. The van der Waals surface area contributed by atoms with Crippen molar-refractivity contribution < 1.29 is 18.0 Å². The molecule has 0 saturated carbocycles. The van der Waals surface area contributed by atoms with Crippen LogP contribution in [0.3, 0.4) is 0 Å². The van der Waals surface area contributed by atoms with Gasteiger partial charge in [0.1, 0.15) is 12.6 Å². The molecule has 0 spiro atoms. The number of nitrogens with zero attached hydrogens (tertiary/aromatic N) is 2. The van der Waals surface area contributed by atoms with Crippen LogP contribution in [0.2, 0.25) is 10.0 Å². The maximum absolute atomic E-state index is 13.6. The highest BCUT2D eigenvalue weighted by Gasteiger charge is 2.31. The summed E-state index contributed by atoms with van der Waals surface area (Å²) in [5, 5.41) is 3.58. The first-order valence-electron chi connectivity index (χ1n) is 11.1. The average molecular weight is 654 g/mol. The van der Waals surface area contributed by atoms with Crippen molar-refractivity contribution in [3.8, 4) is 0 Å². The SMILES string of the molecule is CC[C@@H](C(=O)NCC(C)C)N(Cc1ccc(Cl)c(Cl)c1)C(=O)CN(c1ccc(I)cc1)S(C)(=O)=O. The van der Waals surface area contributed by atoms with Crippen molar-refractivity contribution in [2.75, 3.05) is 23.7 Å². The summed E-state index contributed by atoms with van der Waals surface area (Å²) in [4.78, 5) is 28.1. The van der Waals surface area contributed by atoms with Gasteiger partial charge in [-0.2, -0.15) is 0 Å². The Bertz CT molecular complexity index is 1140. The molecule has 2 rings (SSSR count). The van der Waals surface area contributed by atoms with Crippen molar-refractivity contribution in [3.63, 3.8) is 0 Å². The fourth-order valence-corrected chi connectivity index (χ4v) is 4.93. The Kier molecular flexibility index (Phi) is 11.1. The van der Waals surface area contributed by atoms with E-state index in [1.165, 1.54) is 4.90 Å². The number of anilines is 1. The molecule has 0 fully saturated rings. The molecule has 1 atom stereocenters. The Labute approximate surface area is 231 Å². The molecule has 0 unspecified atom stereocenters. The van der Waals surface area contributed by atoms with E-state index in [2.05, 4.69) is 27.9 Å². The number of hydrogen-bond acceptors (Lipinski definition) is 4. The molecule has 0 bridgehead atoms. The summed E-state index contributed by atoms with van der Waals surface area (Å²) in [6.45, 7) is 5.84. The zero-order valence-electron chi connectivity index (χ0n) is 20.1. The molecule has 192 valence electrons. The maximum atomic E-state index is 13.6. The highest BCUT2D eigenvalue weighted by atomic mass is 127. The molecule has 0 aliphatic carbocycles. The lowest BCUT2D eigenvalue weighted by atomic mass is 10.1. The lowest BCUT2D eigenvalue weighted by molar-refractivity contribution is -0.140. The van der Waals surface area contributed by atoms with Gasteiger partial charge in [0.05, 0.1) is 22.0 Å². The quantitative estimate of drug-likeness (QED) is 0.348. The largest absolute Gasteiger partial charge is 0.354 e. The summed E-state index contributed by atoms with van der Waals surface area (Å²) in [6.07, 6.45) is 1.40. The molecule has 0 radical (unpaired) electrons. The van der Waals surface area contributed by atoms with Crippen LogP contribution in [-0.2, 0) is 26.2 Å². The van der Waals surface area contributed by atoms with E-state index in [1.54, 1.807) is 42.5 Å². The fraction of sp³-hybridized carbons (Fsp3) is 0.417. The van der Waals surface area contributed by atoms with Crippen LogP contribution in [-0.4, -0.2) is 50.5 Å². The molecule has 0 saturated heterocycles. The predicted octanol–water partition coefficient (Wildman–Crippen LogP) is 4.94. The number of nitrogens with one attached hydrogen (secondary N) is 1. The van der Waals surface area contributed by atoms with E-state index in [-0.39, 0.29) is 18.4 Å². The van der Waals surface area contributed by atoms with Gasteiger partial charge in [0.2, 0.25) is 21.8 Å². The third-order valence-electron chi connectivity index (χ3n) is 5.20. The van der Waals surface area contributed by atoms with Gasteiger partial charge in [-0.1, -0.05) is 50.0 Å². The molecule has 0 heterocycles. The second kappa shape index (κ2) is 13.1. The summed E-state index contributed by atoms with van der Waals surface area (Å²) in [6, 6.07) is 11.0. The monoisotopic (exact) mass is 653 g/mol. The van der Waals surface area contributed by atoms with Crippen LogP contribution < -0.4 is 9.62 Å².